The van der Waals surface area contributed by atoms with Crippen LogP contribution in [0, 0.1) is 5.92 Å². The number of rotatable bonds is 24. The molecule has 5 unspecified atom stereocenters. The summed E-state index contributed by atoms with van der Waals surface area (Å²) >= 11 is 0. The molecule has 2 aromatic carbocycles. The molecule has 0 radical (unpaired) electrons. The summed E-state index contributed by atoms with van der Waals surface area (Å²) in [6.07, 6.45) is -7.78. The van der Waals surface area contributed by atoms with Gasteiger partial charge in [-0.2, -0.15) is 0 Å². The number of nitrogens with one attached hydrogen (secondary N) is 3. The number of aromatic hydroxyl groups is 2. The molecule has 11 N–H and O–H groups in total. The zero-order valence-corrected chi connectivity index (χ0v) is 40.7. The number of hydrogen-bond acceptors (Lipinski definition) is 20. The number of ketones is 4. The first kappa shape index (κ1) is 56.3. The second-order valence-electron chi connectivity index (χ2n) is 18.5. The molecule has 2 aromatic rings. The maximum absolute atomic E-state index is 14.0. The molecule has 1 heterocycles. The summed E-state index contributed by atoms with van der Waals surface area (Å²) in [5.41, 5.74) is 1.13. The van der Waals surface area contributed by atoms with Crippen LogP contribution in [0.3, 0.4) is 0 Å². The molecule has 1 saturated heterocycles. The Kier molecular flexibility index (Phi) is 19.2. The van der Waals surface area contributed by atoms with E-state index in [0.29, 0.717) is 12.8 Å². The van der Waals surface area contributed by atoms with Crippen molar-refractivity contribution in [2.75, 3.05) is 53.8 Å². The number of fused-ring (bicyclic) bond motifs is 3. The molecule has 4 amide bonds. The van der Waals surface area contributed by atoms with E-state index in [1.54, 1.807) is 0 Å². The Hall–Kier alpha value is -5.96. The first-order valence-electron chi connectivity index (χ1n) is 24.0. The van der Waals surface area contributed by atoms with Gasteiger partial charge in [0.2, 0.25) is 29.4 Å². The molecule has 6 rings (SSSR count). The fourth-order valence-corrected chi connectivity index (χ4v) is 9.86. The van der Waals surface area contributed by atoms with Crippen molar-refractivity contribution < 1.29 is 97.4 Å². The average Bonchev–Trinajstić information content (AvgIpc) is 3.35. The van der Waals surface area contributed by atoms with Crippen molar-refractivity contribution >= 4 is 46.8 Å². The number of carbonyl (C=O) groups excluding carboxylic acids is 8. The molecule has 0 bridgehead atoms. The molecule has 24 heteroatoms. The minimum atomic E-state index is -2.38. The number of aliphatic hydroxyl groups excluding tert-OH is 3. The number of ether oxygens (including phenoxy) is 6. The second-order valence-corrected chi connectivity index (χ2v) is 18.5. The van der Waals surface area contributed by atoms with E-state index in [1.807, 2.05) is 0 Å². The number of hydrogen-bond donors (Lipinski definition) is 10. The Morgan fingerprint density at radius 1 is 0.836 bits per heavy atom. The predicted octanol–water partition coefficient (Wildman–Crippen LogP) is -1.42. The van der Waals surface area contributed by atoms with Gasteiger partial charge in [0.05, 0.1) is 86.0 Å². The van der Waals surface area contributed by atoms with Crippen molar-refractivity contribution in [1.82, 2.24) is 16.0 Å². The predicted molar refractivity (Wildman–Crippen MR) is 249 cm³/mol. The molecular formula is C49H64N4O20. The quantitative estimate of drug-likeness (QED) is 0.0364. The summed E-state index contributed by atoms with van der Waals surface area (Å²) < 4.78 is 33.5. The van der Waals surface area contributed by atoms with Gasteiger partial charge >= 0.3 is 0 Å². The number of phenolic OH excluding ortho intramolecular Hbond substituents is 2. The minimum absolute atomic E-state index is 0.0106. The van der Waals surface area contributed by atoms with Gasteiger partial charge < -0.3 is 80.7 Å². The summed E-state index contributed by atoms with van der Waals surface area (Å²) in [5, 5.41) is 74.3. The lowest BCUT2D eigenvalue weighted by molar-refractivity contribution is -0.249. The smallest absolute Gasteiger partial charge is 0.225 e. The van der Waals surface area contributed by atoms with E-state index < -0.39 is 143 Å². The molecule has 10 atom stereocenters. The lowest BCUT2D eigenvalue weighted by Gasteiger charge is -2.43. The van der Waals surface area contributed by atoms with E-state index in [2.05, 4.69) is 16.0 Å². The summed E-state index contributed by atoms with van der Waals surface area (Å²) in [4.78, 5) is 103. The number of carbonyl (C=O) groups is 8. The fraction of sp³-hybridized carbons (Fsp3) is 0.592. The number of phenols is 2. The van der Waals surface area contributed by atoms with E-state index in [4.69, 9.17) is 34.2 Å². The van der Waals surface area contributed by atoms with Crippen LogP contribution in [0.15, 0.2) is 18.2 Å². The summed E-state index contributed by atoms with van der Waals surface area (Å²) in [5.74, 6) is -7.65. The zero-order valence-electron chi connectivity index (χ0n) is 40.7. The van der Waals surface area contributed by atoms with Gasteiger partial charge in [0.15, 0.2) is 23.6 Å². The number of primary amides is 1. The highest BCUT2D eigenvalue weighted by atomic mass is 16.7. The molecule has 24 nitrogen and oxygen atoms in total. The number of aliphatic hydroxyl groups is 4. The van der Waals surface area contributed by atoms with Crippen molar-refractivity contribution in [2.45, 2.75) is 126 Å². The van der Waals surface area contributed by atoms with Crippen molar-refractivity contribution in [1.29, 1.82) is 0 Å². The number of Topliss-reactive ketones (excluding diaryl/α,β-unsaturated/α-hetero) is 2. The third-order valence-electron chi connectivity index (χ3n) is 13.7. The van der Waals surface area contributed by atoms with Gasteiger partial charge in [-0.1, -0.05) is 12.1 Å². The summed E-state index contributed by atoms with van der Waals surface area (Å²) in [7, 11) is 2.70. The molecule has 400 valence electrons. The molecule has 1 aliphatic heterocycles. The summed E-state index contributed by atoms with van der Waals surface area (Å²) in [6.45, 7) is 0.569. The van der Waals surface area contributed by atoms with Crippen LogP contribution in [-0.4, -0.2) is 180 Å². The molecule has 0 spiro atoms. The molecule has 1 saturated carbocycles. The van der Waals surface area contributed by atoms with Crippen LogP contribution >= 0.6 is 0 Å². The monoisotopic (exact) mass is 1030 g/mol. The molecule has 2 fully saturated rings. The van der Waals surface area contributed by atoms with E-state index in [1.165, 1.54) is 39.3 Å². The van der Waals surface area contributed by atoms with Crippen LogP contribution in [0.2, 0.25) is 0 Å². The lowest BCUT2D eigenvalue weighted by atomic mass is 9.72. The SMILES string of the molecule is COc1cccc2c1C(=O)c1c(O)c3c(c(O)c1C2=O)C[C@@](O)(C(=O)CO)C[C@H]3OC1C[C@H](NC(=O)CCCC(=O)COCCOCCNC(=O)CCC(=O)NC2CCC(OC)C(C(N)=O)C2O)[C@H](O)[C@H](C)O1. The lowest BCUT2D eigenvalue weighted by Crippen LogP contribution is -2.57. The molecule has 3 aliphatic carbocycles. The normalized spacial score (nSPS) is 26.4. The molecule has 73 heavy (non-hydrogen) atoms. The number of amides is 4. The third kappa shape index (κ3) is 12.9. The van der Waals surface area contributed by atoms with E-state index >= 15 is 0 Å². The Labute approximate surface area is 419 Å². The maximum atomic E-state index is 14.0. The van der Waals surface area contributed by atoms with Crippen LogP contribution in [0.1, 0.15) is 114 Å². The van der Waals surface area contributed by atoms with Gasteiger partial charge in [-0.05, 0) is 32.3 Å². The topological polar surface area (TPSA) is 375 Å². The standard InChI is InChI=1S/C49H64N4O20/c1-23-42(60)28(53-34(58)9-4-6-24(55)22-71-17-16-70-15-14-51-33(57)12-13-35(59)52-27-10-11-30(69-3)39(45(27)63)48(50)66)18-36(72-23)73-31-20-49(67,32(56)21-54)19-26-38(31)47(65)41-40(44(26)62)43(61)25-7-5-8-29(68-2)37(25)46(41)64/h5,7-8,23,27-28,30-31,36,39,42,45,54,60,62-63,65,67H,4,6,9-22H2,1-3H3,(H2,50,66)(H,51,57)(H,52,59)(H,53,58)/t23-,27?,28-,30?,31+,36?,39?,42+,45?,49-/m0/s1. The Bertz CT molecular complexity index is 2430. The first-order valence-corrected chi connectivity index (χ1v) is 24.0. The van der Waals surface area contributed by atoms with Crippen LogP contribution in [-0.2, 0) is 58.9 Å². The van der Waals surface area contributed by atoms with E-state index in [9.17, 15) is 69.0 Å². The van der Waals surface area contributed by atoms with E-state index in [0.717, 1.165) is 0 Å². The molecule has 0 aromatic heterocycles. The van der Waals surface area contributed by atoms with Gasteiger partial charge in [-0.3, -0.25) is 38.4 Å². The Morgan fingerprint density at radius 2 is 1.52 bits per heavy atom. The summed E-state index contributed by atoms with van der Waals surface area (Å²) in [6, 6.07) is 2.56. The highest BCUT2D eigenvalue weighted by molar-refractivity contribution is 6.31. The van der Waals surface area contributed by atoms with Gasteiger partial charge in [-0.15, -0.1) is 0 Å². The second kappa shape index (κ2) is 24.8. The third-order valence-corrected chi connectivity index (χ3v) is 13.7. The van der Waals surface area contributed by atoms with Crippen LogP contribution < -0.4 is 26.4 Å². The van der Waals surface area contributed by atoms with Crippen molar-refractivity contribution in [3.05, 3.63) is 51.6 Å². The fourth-order valence-electron chi connectivity index (χ4n) is 9.86. The number of nitrogens with two attached hydrogens (primary N) is 1. The van der Waals surface area contributed by atoms with Gasteiger partial charge in [0.25, 0.3) is 0 Å². The van der Waals surface area contributed by atoms with Gasteiger partial charge in [-0.25, -0.2) is 0 Å². The highest BCUT2D eigenvalue weighted by Gasteiger charge is 2.51. The van der Waals surface area contributed by atoms with Crippen molar-refractivity contribution in [3.63, 3.8) is 0 Å². The van der Waals surface area contributed by atoms with Crippen molar-refractivity contribution in [3.8, 4) is 17.2 Å². The number of methoxy groups -OCH3 is 2. The van der Waals surface area contributed by atoms with Crippen molar-refractivity contribution in [2.24, 2.45) is 11.7 Å². The zero-order chi connectivity index (χ0) is 53.3. The van der Waals surface area contributed by atoms with Crippen LogP contribution in [0.4, 0.5) is 0 Å². The van der Waals surface area contributed by atoms with Crippen LogP contribution in [0.5, 0.6) is 17.2 Å². The highest BCUT2D eigenvalue weighted by Crippen LogP contribution is 2.52. The largest absolute Gasteiger partial charge is 0.507 e. The number of benzene rings is 2. The minimum Gasteiger partial charge on any atom is -0.507 e. The molecule has 4 aliphatic rings. The first-order chi connectivity index (χ1) is 34.7. The Morgan fingerprint density at radius 3 is 2.22 bits per heavy atom. The average molecular weight is 1030 g/mol. The van der Waals surface area contributed by atoms with E-state index in [-0.39, 0.29) is 105 Å². The maximum Gasteiger partial charge on any atom is 0.225 e. The molecular weight excluding hydrogens is 965 g/mol. The Balaban J connectivity index is 0.921. The van der Waals surface area contributed by atoms with Gasteiger partial charge in [0, 0.05) is 75.3 Å². The van der Waals surface area contributed by atoms with Gasteiger partial charge in [0.1, 0.15) is 42.2 Å². The van der Waals surface area contributed by atoms with Crippen LogP contribution in [0.25, 0.3) is 0 Å².